The molecule has 0 amide bonds. The maximum absolute atomic E-state index is 4.66. The predicted octanol–water partition coefficient (Wildman–Crippen LogP) is 2.68. The number of nitrogens with one attached hydrogen (secondary N) is 1. The molecule has 0 radical (unpaired) electrons. The Hall–Kier alpha value is -1.75. The van der Waals surface area contributed by atoms with Crippen LogP contribution in [-0.4, -0.2) is 44.0 Å². The number of H-pyrrole nitrogens is 1. The standard InChI is InChI=1S/C16H23N5/c1-10(2)21-6-5-13(9-21)14-7-15(20-12(4)19-14)16-17-8-11(3)18-16/h7-8,10,13H,5-6,9H2,1-4H3,(H,17,18)/t13-/m0/s1. The lowest BCUT2D eigenvalue weighted by Crippen LogP contribution is -2.28. The molecule has 0 saturated carbocycles. The number of aromatic nitrogens is 4. The second-order valence-corrected chi connectivity index (χ2v) is 6.21. The minimum absolute atomic E-state index is 0.504. The van der Waals surface area contributed by atoms with Crippen molar-refractivity contribution in [3.63, 3.8) is 0 Å². The van der Waals surface area contributed by atoms with Crippen LogP contribution >= 0.6 is 0 Å². The molecule has 112 valence electrons. The van der Waals surface area contributed by atoms with Crippen molar-refractivity contribution in [2.24, 2.45) is 0 Å². The summed E-state index contributed by atoms with van der Waals surface area (Å²) in [6, 6.07) is 2.70. The summed E-state index contributed by atoms with van der Waals surface area (Å²) in [6.07, 6.45) is 3.01. The third kappa shape index (κ3) is 2.97. The van der Waals surface area contributed by atoms with Gasteiger partial charge in [0, 0.05) is 36.1 Å². The molecular weight excluding hydrogens is 262 g/mol. The third-order valence-corrected chi connectivity index (χ3v) is 4.17. The van der Waals surface area contributed by atoms with Crippen LogP contribution in [0.15, 0.2) is 12.3 Å². The molecule has 1 fully saturated rings. The van der Waals surface area contributed by atoms with Crippen LogP contribution in [0.1, 0.15) is 43.4 Å². The Morgan fingerprint density at radius 1 is 1.29 bits per heavy atom. The van der Waals surface area contributed by atoms with E-state index in [0.717, 1.165) is 41.8 Å². The van der Waals surface area contributed by atoms with Gasteiger partial charge in [0.1, 0.15) is 11.5 Å². The topological polar surface area (TPSA) is 57.7 Å². The summed E-state index contributed by atoms with van der Waals surface area (Å²) in [4.78, 5) is 19.3. The van der Waals surface area contributed by atoms with Crippen molar-refractivity contribution >= 4 is 0 Å². The van der Waals surface area contributed by atoms with E-state index in [1.54, 1.807) is 0 Å². The lowest BCUT2D eigenvalue weighted by molar-refractivity contribution is 0.272. The van der Waals surface area contributed by atoms with E-state index in [4.69, 9.17) is 0 Å². The number of hydrogen-bond acceptors (Lipinski definition) is 4. The van der Waals surface area contributed by atoms with E-state index in [1.807, 2.05) is 20.0 Å². The van der Waals surface area contributed by atoms with Crippen molar-refractivity contribution in [3.05, 3.63) is 29.5 Å². The van der Waals surface area contributed by atoms with E-state index in [1.165, 1.54) is 6.42 Å². The van der Waals surface area contributed by atoms with Crippen molar-refractivity contribution in [1.29, 1.82) is 0 Å². The van der Waals surface area contributed by atoms with Crippen LogP contribution in [0.3, 0.4) is 0 Å². The van der Waals surface area contributed by atoms with Crippen molar-refractivity contribution in [2.75, 3.05) is 13.1 Å². The Labute approximate surface area is 125 Å². The molecule has 0 aliphatic carbocycles. The van der Waals surface area contributed by atoms with E-state index in [0.29, 0.717) is 12.0 Å². The molecule has 1 N–H and O–H groups in total. The van der Waals surface area contributed by atoms with Gasteiger partial charge in [0.05, 0.1) is 0 Å². The van der Waals surface area contributed by atoms with Gasteiger partial charge < -0.3 is 9.88 Å². The van der Waals surface area contributed by atoms with Gasteiger partial charge in [-0.15, -0.1) is 0 Å². The molecule has 3 heterocycles. The summed E-state index contributed by atoms with van der Waals surface area (Å²) in [5, 5.41) is 0. The zero-order chi connectivity index (χ0) is 15.0. The van der Waals surface area contributed by atoms with Gasteiger partial charge in [-0.25, -0.2) is 15.0 Å². The highest BCUT2D eigenvalue weighted by Gasteiger charge is 2.27. The highest BCUT2D eigenvalue weighted by molar-refractivity contribution is 5.50. The van der Waals surface area contributed by atoms with Crippen LogP contribution in [0.25, 0.3) is 11.5 Å². The molecule has 2 aromatic rings. The van der Waals surface area contributed by atoms with Gasteiger partial charge in [0.2, 0.25) is 0 Å². The second-order valence-electron chi connectivity index (χ2n) is 6.21. The van der Waals surface area contributed by atoms with Gasteiger partial charge in [-0.1, -0.05) is 0 Å². The summed E-state index contributed by atoms with van der Waals surface area (Å²) in [6.45, 7) is 10.7. The quantitative estimate of drug-likeness (QED) is 0.942. The van der Waals surface area contributed by atoms with Crippen LogP contribution in [0, 0.1) is 13.8 Å². The van der Waals surface area contributed by atoms with E-state index in [2.05, 4.69) is 44.7 Å². The van der Waals surface area contributed by atoms with Crippen LogP contribution < -0.4 is 0 Å². The highest BCUT2D eigenvalue weighted by Crippen LogP contribution is 2.28. The van der Waals surface area contributed by atoms with Gasteiger partial charge >= 0.3 is 0 Å². The average molecular weight is 285 g/mol. The lowest BCUT2D eigenvalue weighted by atomic mass is 10.0. The third-order valence-electron chi connectivity index (χ3n) is 4.17. The summed E-state index contributed by atoms with van der Waals surface area (Å²) in [5.74, 6) is 2.15. The number of aromatic amines is 1. The van der Waals surface area contributed by atoms with E-state index < -0.39 is 0 Å². The highest BCUT2D eigenvalue weighted by atomic mass is 15.2. The van der Waals surface area contributed by atoms with Crippen molar-refractivity contribution in [1.82, 2.24) is 24.8 Å². The SMILES string of the molecule is Cc1nc(-c2ncc(C)[nH]2)cc([C@H]2CCN(C(C)C)C2)n1. The summed E-state index contributed by atoms with van der Waals surface area (Å²) < 4.78 is 0. The number of likely N-dealkylation sites (tertiary alicyclic amines) is 1. The van der Waals surface area contributed by atoms with Gasteiger partial charge in [0.25, 0.3) is 0 Å². The Kier molecular flexibility index (Phi) is 3.76. The monoisotopic (exact) mass is 285 g/mol. The molecule has 5 heteroatoms. The summed E-state index contributed by atoms with van der Waals surface area (Å²) in [7, 11) is 0. The number of rotatable bonds is 3. The van der Waals surface area contributed by atoms with Gasteiger partial charge in [-0.05, 0) is 46.7 Å². The predicted molar refractivity (Wildman–Crippen MR) is 83.2 cm³/mol. The Bertz CT molecular complexity index is 631. The Morgan fingerprint density at radius 2 is 2.10 bits per heavy atom. The average Bonchev–Trinajstić information content (AvgIpc) is 3.06. The fraction of sp³-hybridized carbons (Fsp3) is 0.562. The minimum atomic E-state index is 0.504. The van der Waals surface area contributed by atoms with Crippen molar-refractivity contribution in [2.45, 2.75) is 46.1 Å². The Morgan fingerprint density at radius 3 is 2.71 bits per heavy atom. The zero-order valence-electron chi connectivity index (χ0n) is 13.2. The number of aryl methyl sites for hydroxylation is 2. The van der Waals surface area contributed by atoms with Gasteiger partial charge in [-0.3, -0.25) is 0 Å². The molecule has 5 nitrogen and oxygen atoms in total. The molecule has 1 atom stereocenters. The molecule has 2 aromatic heterocycles. The minimum Gasteiger partial charge on any atom is -0.341 e. The molecule has 0 unspecified atom stereocenters. The Balaban J connectivity index is 1.88. The number of imidazole rings is 1. The molecule has 0 bridgehead atoms. The maximum Gasteiger partial charge on any atom is 0.156 e. The second kappa shape index (κ2) is 5.56. The normalized spacial score (nSPS) is 19.6. The van der Waals surface area contributed by atoms with Crippen LogP contribution in [0.2, 0.25) is 0 Å². The maximum atomic E-state index is 4.66. The smallest absolute Gasteiger partial charge is 0.156 e. The van der Waals surface area contributed by atoms with E-state index in [9.17, 15) is 0 Å². The first-order valence-electron chi connectivity index (χ1n) is 7.64. The van der Waals surface area contributed by atoms with E-state index >= 15 is 0 Å². The lowest BCUT2D eigenvalue weighted by Gasteiger charge is -2.20. The molecule has 3 rings (SSSR count). The molecule has 1 aliphatic heterocycles. The van der Waals surface area contributed by atoms with E-state index in [-0.39, 0.29) is 0 Å². The first-order chi connectivity index (χ1) is 10.0. The first kappa shape index (κ1) is 14.2. The first-order valence-corrected chi connectivity index (χ1v) is 7.64. The van der Waals surface area contributed by atoms with Crippen molar-refractivity contribution < 1.29 is 0 Å². The molecule has 1 aliphatic rings. The number of nitrogens with zero attached hydrogens (tertiary/aromatic N) is 4. The zero-order valence-corrected chi connectivity index (χ0v) is 13.2. The summed E-state index contributed by atoms with van der Waals surface area (Å²) in [5.41, 5.74) is 3.10. The fourth-order valence-corrected chi connectivity index (χ4v) is 2.96. The summed E-state index contributed by atoms with van der Waals surface area (Å²) >= 11 is 0. The molecule has 21 heavy (non-hydrogen) atoms. The van der Waals surface area contributed by atoms with Gasteiger partial charge in [0.15, 0.2) is 5.82 Å². The number of hydrogen-bond donors (Lipinski definition) is 1. The van der Waals surface area contributed by atoms with Crippen molar-refractivity contribution in [3.8, 4) is 11.5 Å². The van der Waals surface area contributed by atoms with Crippen LogP contribution in [-0.2, 0) is 0 Å². The van der Waals surface area contributed by atoms with Crippen LogP contribution in [0.5, 0.6) is 0 Å². The molecule has 1 saturated heterocycles. The molecule has 0 aromatic carbocycles. The molecule has 0 spiro atoms. The largest absolute Gasteiger partial charge is 0.341 e. The fourth-order valence-electron chi connectivity index (χ4n) is 2.96. The van der Waals surface area contributed by atoms with Gasteiger partial charge in [-0.2, -0.15) is 0 Å². The molecular formula is C16H23N5. The van der Waals surface area contributed by atoms with Crippen LogP contribution in [0.4, 0.5) is 0 Å².